The van der Waals surface area contributed by atoms with E-state index in [1.165, 1.54) is 0 Å². The fourth-order valence-corrected chi connectivity index (χ4v) is 1.91. The standard InChI is InChI=1S/C14H27N3O/c1-7-8-15-9-13(10(2)3)18-14-11(4)16-17(6)12(14)5/h10,13,15H,7-9H2,1-6H3. The lowest BCUT2D eigenvalue weighted by Gasteiger charge is -2.23. The van der Waals surface area contributed by atoms with Crippen molar-refractivity contribution in [3.63, 3.8) is 0 Å². The molecular weight excluding hydrogens is 226 g/mol. The maximum atomic E-state index is 6.16. The molecule has 0 radical (unpaired) electrons. The molecule has 1 unspecified atom stereocenters. The first-order valence-corrected chi connectivity index (χ1v) is 6.84. The van der Waals surface area contributed by atoms with E-state index in [2.05, 4.69) is 31.2 Å². The first-order valence-electron chi connectivity index (χ1n) is 6.84. The van der Waals surface area contributed by atoms with Crippen LogP contribution >= 0.6 is 0 Å². The highest BCUT2D eigenvalue weighted by Gasteiger charge is 2.19. The van der Waals surface area contributed by atoms with Gasteiger partial charge in [0.15, 0.2) is 5.75 Å². The van der Waals surface area contributed by atoms with Gasteiger partial charge in [-0.05, 0) is 32.7 Å². The molecule has 0 bridgehead atoms. The molecule has 4 heteroatoms. The zero-order valence-corrected chi connectivity index (χ0v) is 12.6. The minimum absolute atomic E-state index is 0.193. The van der Waals surface area contributed by atoms with E-state index in [0.717, 1.165) is 36.6 Å². The smallest absolute Gasteiger partial charge is 0.163 e. The minimum Gasteiger partial charge on any atom is -0.485 e. The molecule has 1 rings (SSSR count). The SMILES string of the molecule is CCCNCC(Oc1c(C)nn(C)c1C)C(C)C. The average Bonchev–Trinajstić information content (AvgIpc) is 2.54. The van der Waals surface area contributed by atoms with Crippen molar-refractivity contribution >= 4 is 0 Å². The van der Waals surface area contributed by atoms with Gasteiger partial charge < -0.3 is 10.1 Å². The Balaban J connectivity index is 2.70. The molecule has 0 aliphatic heterocycles. The Hall–Kier alpha value is -1.03. The fraction of sp³-hybridized carbons (Fsp3) is 0.786. The zero-order chi connectivity index (χ0) is 13.7. The minimum atomic E-state index is 0.193. The van der Waals surface area contributed by atoms with Crippen LogP contribution in [0.3, 0.4) is 0 Å². The van der Waals surface area contributed by atoms with E-state index in [-0.39, 0.29) is 6.10 Å². The van der Waals surface area contributed by atoms with Crippen molar-refractivity contribution in [3.8, 4) is 5.75 Å². The Morgan fingerprint density at radius 1 is 1.33 bits per heavy atom. The predicted molar refractivity (Wildman–Crippen MR) is 75.1 cm³/mol. The molecule has 1 atom stereocenters. The highest BCUT2D eigenvalue weighted by atomic mass is 16.5. The normalized spacial score (nSPS) is 13.1. The summed E-state index contributed by atoms with van der Waals surface area (Å²) in [5, 5.41) is 7.82. The quantitative estimate of drug-likeness (QED) is 0.759. The van der Waals surface area contributed by atoms with Gasteiger partial charge in [-0.15, -0.1) is 0 Å². The van der Waals surface area contributed by atoms with E-state index in [1.54, 1.807) is 0 Å². The Kier molecular flexibility index (Phi) is 5.66. The fourth-order valence-electron chi connectivity index (χ4n) is 1.91. The number of aromatic nitrogens is 2. The van der Waals surface area contributed by atoms with Gasteiger partial charge in [0.1, 0.15) is 11.8 Å². The van der Waals surface area contributed by atoms with E-state index in [0.29, 0.717) is 5.92 Å². The molecule has 104 valence electrons. The lowest BCUT2D eigenvalue weighted by atomic mass is 10.1. The molecular formula is C14H27N3O. The van der Waals surface area contributed by atoms with Crippen molar-refractivity contribution in [3.05, 3.63) is 11.4 Å². The van der Waals surface area contributed by atoms with Crippen LogP contribution in [0.2, 0.25) is 0 Å². The molecule has 0 spiro atoms. The summed E-state index contributed by atoms with van der Waals surface area (Å²) >= 11 is 0. The average molecular weight is 253 g/mol. The number of nitrogens with zero attached hydrogens (tertiary/aromatic N) is 2. The number of ether oxygens (including phenoxy) is 1. The second-order valence-corrected chi connectivity index (χ2v) is 5.23. The molecule has 0 fully saturated rings. The number of rotatable bonds is 7. The van der Waals surface area contributed by atoms with Crippen LogP contribution in [0, 0.1) is 19.8 Å². The summed E-state index contributed by atoms with van der Waals surface area (Å²) in [5.74, 6) is 1.42. The number of nitrogens with one attached hydrogen (secondary N) is 1. The van der Waals surface area contributed by atoms with Gasteiger partial charge in [-0.1, -0.05) is 20.8 Å². The van der Waals surface area contributed by atoms with Crippen molar-refractivity contribution in [2.24, 2.45) is 13.0 Å². The van der Waals surface area contributed by atoms with Crippen molar-refractivity contribution in [2.45, 2.75) is 47.1 Å². The van der Waals surface area contributed by atoms with E-state index < -0.39 is 0 Å². The summed E-state index contributed by atoms with van der Waals surface area (Å²) in [7, 11) is 1.95. The molecule has 18 heavy (non-hydrogen) atoms. The van der Waals surface area contributed by atoms with Crippen molar-refractivity contribution in [2.75, 3.05) is 13.1 Å². The molecule has 4 nitrogen and oxygen atoms in total. The third-order valence-corrected chi connectivity index (χ3v) is 3.23. The molecule has 1 aromatic heterocycles. The number of hydrogen-bond donors (Lipinski definition) is 1. The summed E-state index contributed by atoms with van der Waals surface area (Å²) in [6.07, 6.45) is 1.34. The summed E-state index contributed by atoms with van der Waals surface area (Å²) in [6, 6.07) is 0. The van der Waals surface area contributed by atoms with Gasteiger partial charge in [-0.3, -0.25) is 4.68 Å². The van der Waals surface area contributed by atoms with Crippen LogP contribution < -0.4 is 10.1 Å². The van der Waals surface area contributed by atoms with Crippen LogP contribution in [0.25, 0.3) is 0 Å². The van der Waals surface area contributed by atoms with Crippen LogP contribution in [0.4, 0.5) is 0 Å². The molecule has 0 aliphatic rings. The van der Waals surface area contributed by atoms with Gasteiger partial charge in [0, 0.05) is 13.6 Å². The monoisotopic (exact) mass is 253 g/mol. The maximum absolute atomic E-state index is 6.16. The summed E-state index contributed by atoms with van der Waals surface area (Å²) in [6.45, 7) is 12.5. The first-order chi connectivity index (χ1) is 8.47. The Morgan fingerprint density at radius 2 is 2.00 bits per heavy atom. The van der Waals surface area contributed by atoms with Crippen LogP contribution in [0.15, 0.2) is 0 Å². The van der Waals surface area contributed by atoms with Gasteiger partial charge in [-0.2, -0.15) is 5.10 Å². The molecule has 0 amide bonds. The van der Waals surface area contributed by atoms with E-state index in [4.69, 9.17) is 4.74 Å². The van der Waals surface area contributed by atoms with Crippen molar-refractivity contribution in [1.82, 2.24) is 15.1 Å². The molecule has 1 N–H and O–H groups in total. The number of aryl methyl sites for hydroxylation is 2. The third-order valence-electron chi connectivity index (χ3n) is 3.23. The number of hydrogen-bond acceptors (Lipinski definition) is 3. The topological polar surface area (TPSA) is 39.1 Å². The summed E-state index contributed by atoms with van der Waals surface area (Å²) in [4.78, 5) is 0. The highest BCUT2D eigenvalue weighted by Crippen LogP contribution is 2.24. The third kappa shape index (κ3) is 3.73. The molecule has 1 heterocycles. The van der Waals surface area contributed by atoms with Gasteiger partial charge in [0.25, 0.3) is 0 Å². The summed E-state index contributed by atoms with van der Waals surface area (Å²) in [5.41, 5.74) is 2.06. The largest absolute Gasteiger partial charge is 0.485 e. The van der Waals surface area contributed by atoms with Gasteiger partial charge in [0.05, 0.1) is 5.69 Å². The van der Waals surface area contributed by atoms with Crippen LogP contribution in [-0.4, -0.2) is 29.0 Å². The van der Waals surface area contributed by atoms with Crippen LogP contribution in [0.5, 0.6) is 5.75 Å². The Labute approximate surface area is 111 Å². The first kappa shape index (κ1) is 15.0. The van der Waals surface area contributed by atoms with Gasteiger partial charge in [0.2, 0.25) is 0 Å². The maximum Gasteiger partial charge on any atom is 0.163 e. The lowest BCUT2D eigenvalue weighted by Crippen LogP contribution is -2.36. The van der Waals surface area contributed by atoms with Gasteiger partial charge in [-0.25, -0.2) is 0 Å². The molecule has 1 aromatic rings. The van der Waals surface area contributed by atoms with Crippen molar-refractivity contribution < 1.29 is 4.74 Å². The van der Waals surface area contributed by atoms with E-state index >= 15 is 0 Å². The molecule has 0 saturated carbocycles. The Bertz CT molecular complexity index is 371. The molecule has 0 aliphatic carbocycles. The second-order valence-electron chi connectivity index (χ2n) is 5.23. The predicted octanol–water partition coefficient (Wildman–Crippen LogP) is 2.44. The van der Waals surface area contributed by atoms with E-state index in [1.807, 2.05) is 25.6 Å². The highest BCUT2D eigenvalue weighted by molar-refractivity contribution is 5.32. The van der Waals surface area contributed by atoms with E-state index in [9.17, 15) is 0 Å². The van der Waals surface area contributed by atoms with Crippen LogP contribution in [-0.2, 0) is 7.05 Å². The zero-order valence-electron chi connectivity index (χ0n) is 12.6. The molecule has 0 aromatic carbocycles. The van der Waals surface area contributed by atoms with Crippen LogP contribution in [0.1, 0.15) is 38.6 Å². The van der Waals surface area contributed by atoms with Crippen molar-refractivity contribution in [1.29, 1.82) is 0 Å². The summed E-state index contributed by atoms with van der Waals surface area (Å²) < 4.78 is 8.04. The van der Waals surface area contributed by atoms with Gasteiger partial charge >= 0.3 is 0 Å². The Morgan fingerprint density at radius 3 is 2.44 bits per heavy atom. The lowest BCUT2D eigenvalue weighted by molar-refractivity contribution is 0.147. The second kappa shape index (κ2) is 6.78. The molecule has 0 saturated heterocycles.